The van der Waals surface area contributed by atoms with Crippen LogP contribution in [0.2, 0.25) is 0 Å². The van der Waals surface area contributed by atoms with Gasteiger partial charge in [0, 0.05) is 0 Å². The molecule has 0 aliphatic carbocycles. The van der Waals surface area contributed by atoms with Gasteiger partial charge in [0.2, 0.25) is 0 Å². The molecule has 1 aromatic carbocycles. The van der Waals surface area contributed by atoms with E-state index in [2.05, 4.69) is 5.92 Å². The van der Waals surface area contributed by atoms with Crippen LogP contribution in [0.1, 0.15) is 11.7 Å². The summed E-state index contributed by atoms with van der Waals surface area (Å²) < 4.78 is 0. The SMILES string of the molecule is C#CC([O])c1ccccc1. The Bertz CT molecular complexity index is 233. The van der Waals surface area contributed by atoms with E-state index in [1.54, 1.807) is 24.3 Å². The molecule has 10 heavy (non-hydrogen) atoms. The molecule has 49 valence electrons. The van der Waals surface area contributed by atoms with Gasteiger partial charge >= 0.3 is 0 Å². The Labute approximate surface area is 60.3 Å². The summed E-state index contributed by atoms with van der Waals surface area (Å²) in [6.45, 7) is 0. The summed E-state index contributed by atoms with van der Waals surface area (Å²) in [5, 5.41) is 10.9. The second-order valence-electron chi connectivity index (χ2n) is 1.96. The molecule has 1 radical (unpaired) electrons. The van der Waals surface area contributed by atoms with Crippen molar-refractivity contribution in [2.75, 3.05) is 0 Å². The molecule has 0 bridgehead atoms. The molecular weight excluding hydrogens is 124 g/mol. The molecule has 0 aliphatic rings. The van der Waals surface area contributed by atoms with Crippen LogP contribution in [0.25, 0.3) is 0 Å². The van der Waals surface area contributed by atoms with Gasteiger partial charge in [0.15, 0.2) is 6.10 Å². The van der Waals surface area contributed by atoms with Crippen molar-refractivity contribution >= 4 is 0 Å². The monoisotopic (exact) mass is 131 g/mol. The molecule has 0 amide bonds. The van der Waals surface area contributed by atoms with Gasteiger partial charge in [0.1, 0.15) is 0 Å². The lowest BCUT2D eigenvalue weighted by atomic mass is 10.1. The second kappa shape index (κ2) is 3.05. The summed E-state index contributed by atoms with van der Waals surface area (Å²) in [6.07, 6.45) is 3.93. The first kappa shape index (κ1) is 6.85. The molecule has 1 nitrogen and oxygen atoms in total. The van der Waals surface area contributed by atoms with Crippen LogP contribution in [0.3, 0.4) is 0 Å². The Morgan fingerprint density at radius 2 is 1.90 bits per heavy atom. The molecule has 0 saturated heterocycles. The van der Waals surface area contributed by atoms with Crippen molar-refractivity contribution < 1.29 is 5.11 Å². The lowest BCUT2D eigenvalue weighted by molar-refractivity contribution is 0.140. The first-order chi connectivity index (χ1) is 4.84. The Balaban J connectivity index is 2.88. The Morgan fingerprint density at radius 3 is 2.40 bits per heavy atom. The van der Waals surface area contributed by atoms with E-state index in [-0.39, 0.29) is 0 Å². The Morgan fingerprint density at radius 1 is 1.30 bits per heavy atom. The summed E-state index contributed by atoms with van der Waals surface area (Å²) in [6, 6.07) is 8.93. The summed E-state index contributed by atoms with van der Waals surface area (Å²) >= 11 is 0. The molecule has 0 spiro atoms. The summed E-state index contributed by atoms with van der Waals surface area (Å²) in [5.74, 6) is 2.13. The van der Waals surface area contributed by atoms with Crippen molar-refractivity contribution in [2.45, 2.75) is 6.10 Å². The molecule has 0 heterocycles. The molecular formula is C9H7O. The van der Waals surface area contributed by atoms with Gasteiger partial charge in [-0.15, -0.1) is 6.42 Å². The predicted octanol–water partition coefficient (Wildman–Crippen LogP) is 1.79. The summed E-state index contributed by atoms with van der Waals surface area (Å²) in [7, 11) is 0. The Kier molecular flexibility index (Phi) is 2.09. The lowest BCUT2D eigenvalue weighted by Crippen LogP contribution is -1.88. The average Bonchev–Trinajstić information content (AvgIpc) is 2.05. The highest BCUT2D eigenvalue weighted by molar-refractivity contribution is 5.22. The van der Waals surface area contributed by atoms with E-state index >= 15 is 0 Å². The van der Waals surface area contributed by atoms with E-state index in [0.717, 1.165) is 0 Å². The third-order valence-corrected chi connectivity index (χ3v) is 1.25. The number of rotatable bonds is 1. The summed E-state index contributed by atoms with van der Waals surface area (Å²) in [4.78, 5) is 0. The molecule has 1 aromatic rings. The molecule has 0 saturated carbocycles. The number of terminal acetylenes is 1. The van der Waals surface area contributed by atoms with Crippen LogP contribution in [0.4, 0.5) is 0 Å². The zero-order valence-corrected chi connectivity index (χ0v) is 5.45. The maximum Gasteiger partial charge on any atom is 0.178 e. The van der Waals surface area contributed by atoms with Crippen molar-refractivity contribution in [3.63, 3.8) is 0 Å². The van der Waals surface area contributed by atoms with Crippen LogP contribution in [-0.2, 0) is 5.11 Å². The molecule has 0 aromatic heterocycles. The summed E-state index contributed by atoms with van der Waals surface area (Å²) in [5.41, 5.74) is 0.657. The highest BCUT2D eigenvalue weighted by atomic mass is 16.3. The van der Waals surface area contributed by atoms with E-state index in [9.17, 15) is 5.11 Å². The zero-order chi connectivity index (χ0) is 7.40. The topological polar surface area (TPSA) is 19.9 Å². The maximum atomic E-state index is 10.9. The van der Waals surface area contributed by atoms with Gasteiger partial charge in [-0.3, -0.25) is 0 Å². The van der Waals surface area contributed by atoms with Crippen LogP contribution in [0.15, 0.2) is 30.3 Å². The standard InChI is InChI=1S/C9H7O/c1-2-9(10)8-6-4-3-5-7-8/h1,3-7,9H. The van der Waals surface area contributed by atoms with Crippen molar-refractivity contribution in [1.82, 2.24) is 0 Å². The van der Waals surface area contributed by atoms with Gasteiger partial charge in [-0.25, -0.2) is 5.11 Å². The molecule has 0 aliphatic heterocycles. The van der Waals surface area contributed by atoms with E-state index in [0.29, 0.717) is 5.56 Å². The fourth-order valence-corrected chi connectivity index (χ4v) is 0.724. The van der Waals surface area contributed by atoms with Crippen molar-refractivity contribution in [2.24, 2.45) is 0 Å². The van der Waals surface area contributed by atoms with E-state index in [1.807, 2.05) is 6.07 Å². The second-order valence-corrected chi connectivity index (χ2v) is 1.96. The Hall–Kier alpha value is -1.26. The molecule has 0 fully saturated rings. The fraction of sp³-hybridized carbons (Fsp3) is 0.111. The van der Waals surface area contributed by atoms with Crippen molar-refractivity contribution in [3.8, 4) is 12.3 Å². The van der Waals surface area contributed by atoms with Gasteiger partial charge in [-0.1, -0.05) is 36.3 Å². The average molecular weight is 131 g/mol. The fourth-order valence-electron chi connectivity index (χ4n) is 0.724. The quantitative estimate of drug-likeness (QED) is 0.518. The predicted molar refractivity (Wildman–Crippen MR) is 38.7 cm³/mol. The molecule has 1 atom stereocenters. The minimum Gasteiger partial charge on any atom is -0.214 e. The van der Waals surface area contributed by atoms with E-state index in [1.165, 1.54) is 0 Å². The van der Waals surface area contributed by atoms with Gasteiger partial charge in [-0.2, -0.15) is 0 Å². The molecule has 1 unspecified atom stereocenters. The zero-order valence-electron chi connectivity index (χ0n) is 5.45. The molecule has 1 heteroatoms. The first-order valence-electron chi connectivity index (χ1n) is 3.01. The third kappa shape index (κ3) is 1.37. The largest absolute Gasteiger partial charge is 0.214 e. The van der Waals surface area contributed by atoms with Crippen LogP contribution in [0, 0.1) is 12.3 Å². The van der Waals surface area contributed by atoms with E-state index in [4.69, 9.17) is 6.42 Å². The van der Waals surface area contributed by atoms with Gasteiger partial charge in [-0.05, 0) is 5.56 Å². The van der Waals surface area contributed by atoms with Gasteiger partial charge in [0.25, 0.3) is 0 Å². The highest BCUT2D eigenvalue weighted by Gasteiger charge is 2.01. The minimum absolute atomic E-state index is 0.657. The van der Waals surface area contributed by atoms with Gasteiger partial charge < -0.3 is 0 Å². The first-order valence-corrected chi connectivity index (χ1v) is 3.01. The van der Waals surface area contributed by atoms with Crippen LogP contribution in [-0.4, -0.2) is 0 Å². The van der Waals surface area contributed by atoms with E-state index < -0.39 is 6.10 Å². The molecule has 1 rings (SSSR count). The lowest BCUT2D eigenvalue weighted by Gasteiger charge is -1.97. The van der Waals surface area contributed by atoms with Crippen molar-refractivity contribution in [1.29, 1.82) is 0 Å². The van der Waals surface area contributed by atoms with Crippen LogP contribution in [0.5, 0.6) is 0 Å². The van der Waals surface area contributed by atoms with Gasteiger partial charge in [0.05, 0.1) is 0 Å². The third-order valence-electron chi connectivity index (χ3n) is 1.25. The smallest absolute Gasteiger partial charge is 0.178 e. The van der Waals surface area contributed by atoms with Crippen molar-refractivity contribution in [3.05, 3.63) is 35.9 Å². The number of hydrogen-bond acceptors (Lipinski definition) is 0. The van der Waals surface area contributed by atoms with Crippen LogP contribution >= 0.6 is 0 Å². The number of hydrogen-bond donors (Lipinski definition) is 0. The minimum atomic E-state index is -1.01. The van der Waals surface area contributed by atoms with Crippen LogP contribution < -0.4 is 0 Å². The number of benzene rings is 1. The molecule has 0 N–H and O–H groups in total. The normalized spacial score (nSPS) is 12.0. The maximum absolute atomic E-state index is 10.9. The highest BCUT2D eigenvalue weighted by Crippen LogP contribution is 2.10.